The van der Waals surface area contributed by atoms with E-state index in [4.69, 9.17) is 0 Å². The number of pyridine rings is 1. The number of nitrogens with zero attached hydrogens (tertiary/aromatic N) is 4. The van der Waals surface area contributed by atoms with Gasteiger partial charge in [0, 0.05) is 31.5 Å². The van der Waals surface area contributed by atoms with Gasteiger partial charge in [-0.05, 0) is 32.9 Å². The number of hydrogen-bond acceptors (Lipinski definition) is 4. The third-order valence-electron chi connectivity index (χ3n) is 4.33. The van der Waals surface area contributed by atoms with E-state index >= 15 is 0 Å². The number of imidazole rings is 1. The van der Waals surface area contributed by atoms with E-state index in [0.717, 1.165) is 24.6 Å². The molecule has 0 aliphatic carbocycles. The van der Waals surface area contributed by atoms with Crippen LogP contribution in [0.3, 0.4) is 0 Å². The Morgan fingerprint density at radius 3 is 2.91 bits per heavy atom. The Kier molecular flexibility index (Phi) is 4.43. The molecular weight excluding hydrogens is 290 g/mol. The lowest BCUT2D eigenvalue weighted by molar-refractivity contribution is 0.0945. The third-order valence-corrected chi connectivity index (χ3v) is 4.33. The molecule has 0 fully saturated rings. The van der Waals surface area contributed by atoms with Crippen LogP contribution in [0.15, 0.2) is 30.6 Å². The van der Waals surface area contributed by atoms with Crippen LogP contribution < -0.4 is 5.32 Å². The van der Waals surface area contributed by atoms with Crippen LogP contribution in [0.5, 0.6) is 0 Å². The molecule has 0 saturated heterocycles. The number of carbonyl (C=O) groups is 1. The maximum absolute atomic E-state index is 12.3. The number of nitrogens with one attached hydrogen (secondary N) is 1. The number of rotatable bonds is 4. The van der Waals surface area contributed by atoms with Crippen molar-refractivity contribution >= 4 is 5.91 Å². The van der Waals surface area contributed by atoms with Gasteiger partial charge in [0.25, 0.3) is 5.91 Å². The van der Waals surface area contributed by atoms with E-state index in [9.17, 15) is 4.79 Å². The fraction of sp³-hybridized carbons (Fsp3) is 0.471. The summed E-state index contributed by atoms with van der Waals surface area (Å²) < 4.78 is 2.10. The van der Waals surface area contributed by atoms with Crippen LogP contribution in [0.2, 0.25) is 0 Å². The van der Waals surface area contributed by atoms with Crippen LogP contribution in [0, 0.1) is 0 Å². The van der Waals surface area contributed by atoms with Crippen molar-refractivity contribution in [3.05, 3.63) is 47.8 Å². The van der Waals surface area contributed by atoms with E-state index in [1.165, 1.54) is 0 Å². The van der Waals surface area contributed by atoms with Crippen molar-refractivity contribution in [1.82, 2.24) is 24.8 Å². The van der Waals surface area contributed by atoms with E-state index < -0.39 is 0 Å². The standard InChI is InChI=1S/C17H23N5O/c1-12(2)22-9-8-21-11-15(20-16(21)13(22)3)17(23)19-10-14-6-4-5-7-18-14/h4-7,11-13H,8-10H2,1-3H3,(H,19,23)/t13-/m0/s1. The first-order valence-corrected chi connectivity index (χ1v) is 8.07. The Morgan fingerprint density at radius 2 is 2.22 bits per heavy atom. The van der Waals surface area contributed by atoms with Gasteiger partial charge in [0.2, 0.25) is 0 Å². The average Bonchev–Trinajstić information content (AvgIpc) is 2.99. The predicted molar refractivity (Wildman–Crippen MR) is 87.9 cm³/mol. The summed E-state index contributed by atoms with van der Waals surface area (Å²) in [5, 5.41) is 2.88. The van der Waals surface area contributed by atoms with Gasteiger partial charge in [0.1, 0.15) is 11.5 Å². The summed E-state index contributed by atoms with van der Waals surface area (Å²) in [7, 11) is 0. The Hall–Kier alpha value is -2.21. The van der Waals surface area contributed by atoms with Crippen molar-refractivity contribution in [3.63, 3.8) is 0 Å². The predicted octanol–water partition coefficient (Wildman–Crippen LogP) is 1.99. The zero-order chi connectivity index (χ0) is 16.4. The van der Waals surface area contributed by atoms with E-state index in [0.29, 0.717) is 18.3 Å². The summed E-state index contributed by atoms with van der Waals surface area (Å²) in [5.41, 5.74) is 1.32. The first kappa shape index (κ1) is 15.7. The van der Waals surface area contributed by atoms with Crippen LogP contribution in [0.1, 0.15) is 48.8 Å². The SMILES string of the molecule is CC(C)N1CCn2cc(C(=O)NCc3ccccn3)nc2[C@@H]1C. The van der Waals surface area contributed by atoms with Gasteiger partial charge >= 0.3 is 0 Å². The molecule has 1 aliphatic heterocycles. The summed E-state index contributed by atoms with van der Waals surface area (Å²) in [4.78, 5) is 23.5. The number of fused-ring (bicyclic) bond motifs is 1. The lowest BCUT2D eigenvalue weighted by atomic mass is 10.1. The van der Waals surface area contributed by atoms with Crippen molar-refractivity contribution in [2.24, 2.45) is 0 Å². The summed E-state index contributed by atoms with van der Waals surface area (Å²) in [6.07, 6.45) is 3.58. The van der Waals surface area contributed by atoms with Crippen LogP contribution in [-0.4, -0.2) is 37.9 Å². The minimum absolute atomic E-state index is 0.152. The molecule has 3 heterocycles. The second-order valence-corrected chi connectivity index (χ2v) is 6.19. The van der Waals surface area contributed by atoms with Gasteiger partial charge in [-0.25, -0.2) is 4.98 Å². The summed E-state index contributed by atoms with van der Waals surface area (Å²) >= 11 is 0. The second-order valence-electron chi connectivity index (χ2n) is 6.19. The number of carbonyl (C=O) groups excluding carboxylic acids is 1. The molecule has 2 aromatic heterocycles. The summed E-state index contributed by atoms with van der Waals surface area (Å²) in [6.45, 7) is 8.80. The van der Waals surface area contributed by atoms with Gasteiger partial charge in [0.05, 0.1) is 18.3 Å². The minimum atomic E-state index is -0.152. The maximum atomic E-state index is 12.3. The van der Waals surface area contributed by atoms with Gasteiger partial charge < -0.3 is 9.88 Å². The smallest absolute Gasteiger partial charge is 0.271 e. The number of hydrogen-bond donors (Lipinski definition) is 1. The van der Waals surface area contributed by atoms with Crippen molar-refractivity contribution in [2.75, 3.05) is 6.54 Å². The molecule has 6 heteroatoms. The van der Waals surface area contributed by atoms with Crippen LogP contribution in [0.4, 0.5) is 0 Å². The van der Waals surface area contributed by atoms with E-state index in [-0.39, 0.29) is 11.9 Å². The number of amides is 1. The van der Waals surface area contributed by atoms with Crippen molar-refractivity contribution in [3.8, 4) is 0 Å². The molecular formula is C17H23N5O. The number of aromatic nitrogens is 3. The summed E-state index contributed by atoms with van der Waals surface area (Å²) in [6, 6.07) is 6.35. The topological polar surface area (TPSA) is 63.1 Å². The van der Waals surface area contributed by atoms with Crippen molar-refractivity contribution in [1.29, 1.82) is 0 Å². The van der Waals surface area contributed by atoms with Gasteiger partial charge in [0.15, 0.2) is 0 Å². The van der Waals surface area contributed by atoms with Crippen molar-refractivity contribution in [2.45, 2.75) is 45.9 Å². The van der Waals surface area contributed by atoms with E-state index in [1.54, 1.807) is 6.20 Å². The molecule has 0 bridgehead atoms. The zero-order valence-corrected chi connectivity index (χ0v) is 13.9. The highest BCUT2D eigenvalue weighted by atomic mass is 16.1. The fourth-order valence-corrected chi connectivity index (χ4v) is 3.09. The molecule has 1 amide bonds. The molecule has 0 aromatic carbocycles. The summed E-state index contributed by atoms with van der Waals surface area (Å²) in [5.74, 6) is 0.814. The largest absolute Gasteiger partial charge is 0.345 e. The van der Waals surface area contributed by atoms with E-state index in [1.807, 2.05) is 24.4 Å². The quantitative estimate of drug-likeness (QED) is 0.937. The molecule has 0 unspecified atom stereocenters. The average molecular weight is 313 g/mol. The van der Waals surface area contributed by atoms with Crippen LogP contribution in [0.25, 0.3) is 0 Å². The molecule has 2 aromatic rings. The molecule has 0 saturated carbocycles. The third kappa shape index (κ3) is 3.27. The first-order valence-electron chi connectivity index (χ1n) is 8.07. The molecule has 6 nitrogen and oxygen atoms in total. The van der Waals surface area contributed by atoms with Crippen LogP contribution in [-0.2, 0) is 13.1 Å². The highest BCUT2D eigenvalue weighted by Crippen LogP contribution is 2.26. The second kappa shape index (κ2) is 6.50. The molecule has 0 radical (unpaired) electrons. The first-order chi connectivity index (χ1) is 11.1. The Balaban J connectivity index is 1.70. The minimum Gasteiger partial charge on any atom is -0.345 e. The molecule has 122 valence electrons. The molecule has 1 aliphatic rings. The fourth-order valence-electron chi connectivity index (χ4n) is 3.09. The normalized spacial score (nSPS) is 18.0. The van der Waals surface area contributed by atoms with Gasteiger partial charge in [-0.1, -0.05) is 6.07 Å². The maximum Gasteiger partial charge on any atom is 0.271 e. The Labute approximate surface area is 136 Å². The molecule has 1 atom stereocenters. The van der Waals surface area contributed by atoms with E-state index in [2.05, 4.69) is 45.5 Å². The molecule has 0 spiro atoms. The zero-order valence-electron chi connectivity index (χ0n) is 13.9. The molecule has 3 rings (SSSR count). The lowest BCUT2D eigenvalue weighted by Crippen LogP contribution is -2.41. The highest BCUT2D eigenvalue weighted by molar-refractivity contribution is 5.92. The Morgan fingerprint density at radius 1 is 1.39 bits per heavy atom. The van der Waals surface area contributed by atoms with Crippen molar-refractivity contribution < 1.29 is 4.79 Å². The monoisotopic (exact) mass is 313 g/mol. The van der Waals surface area contributed by atoms with Gasteiger partial charge in [-0.15, -0.1) is 0 Å². The van der Waals surface area contributed by atoms with Gasteiger partial charge in [-0.2, -0.15) is 0 Å². The molecule has 1 N–H and O–H groups in total. The molecule has 23 heavy (non-hydrogen) atoms. The lowest BCUT2D eigenvalue weighted by Gasteiger charge is -2.36. The van der Waals surface area contributed by atoms with Crippen LogP contribution >= 0.6 is 0 Å². The highest BCUT2D eigenvalue weighted by Gasteiger charge is 2.28. The Bertz CT molecular complexity index is 680. The van der Waals surface area contributed by atoms with Gasteiger partial charge in [-0.3, -0.25) is 14.7 Å².